The third-order valence-electron chi connectivity index (χ3n) is 6.49. The van der Waals surface area contributed by atoms with Gasteiger partial charge in [0.15, 0.2) is 0 Å². The maximum atomic E-state index is 12.7. The number of hydrogen-bond acceptors (Lipinski definition) is 2. The van der Waals surface area contributed by atoms with Gasteiger partial charge in [-0.05, 0) is 73.7 Å². The van der Waals surface area contributed by atoms with Crippen molar-refractivity contribution in [3.05, 3.63) is 102 Å². The van der Waals surface area contributed by atoms with Crippen LogP contribution in [0.15, 0.2) is 84.9 Å². The van der Waals surface area contributed by atoms with Crippen LogP contribution < -0.4 is 4.74 Å². The van der Waals surface area contributed by atoms with Gasteiger partial charge in [-0.2, -0.15) is 13.2 Å². The van der Waals surface area contributed by atoms with Gasteiger partial charge in [0.1, 0.15) is 5.75 Å². The summed E-state index contributed by atoms with van der Waals surface area (Å²) in [6, 6.07) is 26.5. The molecule has 1 aliphatic rings. The zero-order valence-electron chi connectivity index (χ0n) is 18.7. The zero-order valence-corrected chi connectivity index (χ0v) is 18.7. The molecule has 1 saturated heterocycles. The van der Waals surface area contributed by atoms with E-state index in [0.717, 1.165) is 51.0 Å². The molecule has 0 bridgehead atoms. The maximum Gasteiger partial charge on any atom is 0.416 e. The van der Waals surface area contributed by atoms with E-state index in [2.05, 4.69) is 65.6 Å². The monoisotopic (exact) mass is 453 g/mol. The van der Waals surface area contributed by atoms with E-state index in [1.54, 1.807) is 0 Å². The van der Waals surface area contributed by atoms with E-state index >= 15 is 0 Å². The molecule has 0 spiro atoms. The van der Waals surface area contributed by atoms with E-state index in [4.69, 9.17) is 4.74 Å². The summed E-state index contributed by atoms with van der Waals surface area (Å²) in [7, 11) is 0. The Hall–Kier alpha value is -2.79. The van der Waals surface area contributed by atoms with Gasteiger partial charge in [0.25, 0.3) is 0 Å². The predicted molar refractivity (Wildman–Crippen MR) is 125 cm³/mol. The molecule has 0 aliphatic carbocycles. The number of benzene rings is 3. The quantitative estimate of drug-likeness (QED) is 0.340. The standard InChI is InChI=1S/C28H30F3NO/c29-28(30,31)25-12-14-26(15-13-25)33-21-7-18-32-19-16-24(17-20-32)27(22-8-3-1-4-9-22)23-10-5-2-6-11-23/h1-6,8-15,24,27H,7,16-21H2. The molecule has 33 heavy (non-hydrogen) atoms. The van der Waals surface area contributed by atoms with Crippen LogP contribution in [0.3, 0.4) is 0 Å². The van der Waals surface area contributed by atoms with Gasteiger partial charge < -0.3 is 9.64 Å². The first-order chi connectivity index (χ1) is 16.0. The lowest BCUT2D eigenvalue weighted by molar-refractivity contribution is -0.137. The number of nitrogens with zero attached hydrogens (tertiary/aromatic N) is 1. The minimum absolute atomic E-state index is 0.414. The van der Waals surface area contributed by atoms with Gasteiger partial charge in [0, 0.05) is 12.5 Å². The van der Waals surface area contributed by atoms with Gasteiger partial charge in [0.2, 0.25) is 0 Å². The van der Waals surface area contributed by atoms with Crippen LogP contribution in [0, 0.1) is 5.92 Å². The molecule has 3 aromatic rings. The van der Waals surface area contributed by atoms with Crippen LogP contribution in [0.2, 0.25) is 0 Å². The molecule has 0 N–H and O–H groups in total. The van der Waals surface area contributed by atoms with Gasteiger partial charge in [-0.25, -0.2) is 0 Å². The number of ether oxygens (including phenoxy) is 1. The van der Waals surface area contributed by atoms with Gasteiger partial charge in [-0.3, -0.25) is 0 Å². The molecule has 4 rings (SSSR count). The fourth-order valence-electron chi connectivity index (χ4n) is 4.79. The van der Waals surface area contributed by atoms with Crippen molar-refractivity contribution in [2.24, 2.45) is 5.92 Å². The molecule has 1 aliphatic heterocycles. The SMILES string of the molecule is FC(F)(F)c1ccc(OCCCN2CCC(C(c3ccccc3)c3ccccc3)CC2)cc1. The first-order valence-electron chi connectivity index (χ1n) is 11.6. The molecule has 0 aromatic heterocycles. The van der Waals surface area contributed by atoms with Crippen LogP contribution in [0.25, 0.3) is 0 Å². The van der Waals surface area contributed by atoms with Crippen molar-refractivity contribution < 1.29 is 17.9 Å². The molecule has 0 atom stereocenters. The fraction of sp³-hybridized carbons (Fsp3) is 0.357. The third-order valence-corrected chi connectivity index (χ3v) is 6.49. The maximum absolute atomic E-state index is 12.7. The summed E-state index contributed by atoms with van der Waals surface area (Å²) in [6.45, 7) is 3.55. The second kappa shape index (κ2) is 10.9. The van der Waals surface area contributed by atoms with Crippen LogP contribution in [0.4, 0.5) is 13.2 Å². The van der Waals surface area contributed by atoms with Crippen LogP contribution in [0.1, 0.15) is 41.9 Å². The third kappa shape index (κ3) is 6.38. The Balaban J connectivity index is 1.25. The smallest absolute Gasteiger partial charge is 0.416 e. The van der Waals surface area contributed by atoms with Gasteiger partial charge in [-0.1, -0.05) is 60.7 Å². The van der Waals surface area contributed by atoms with E-state index in [9.17, 15) is 13.2 Å². The summed E-state index contributed by atoms with van der Waals surface area (Å²) in [4.78, 5) is 2.47. The number of halogens is 3. The molecule has 0 saturated carbocycles. The number of rotatable bonds is 8. The van der Waals surface area contributed by atoms with Crippen LogP contribution in [0.5, 0.6) is 5.75 Å². The average molecular weight is 454 g/mol. The summed E-state index contributed by atoms with van der Waals surface area (Å²) in [5.41, 5.74) is 2.11. The number of likely N-dealkylation sites (tertiary alicyclic amines) is 1. The second-order valence-electron chi connectivity index (χ2n) is 8.70. The summed E-state index contributed by atoms with van der Waals surface area (Å²) < 4.78 is 43.6. The van der Waals surface area contributed by atoms with E-state index in [1.807, 2.05) is 0 Å². The topological polar surface area (TPSA) is 12.5 Å². The molecule has 0 unspecified atom stereocenters. The molecule has 1 fully saturated rings. The highest BCUT2D eigenvalue weighted by atomic mass is 19.4. The molecule has 2 nitrogen and oxygen atoms in total. The van der Waals surface area contributed by atoms with Crippen LogP contribution >= 0.6 is 0 Å². The highest BCUT2D eigenvalue weighted by Crippen LogP contribution is 2.38. The highest BCUT2D eigenvalue weighted by molar-refractivity contribution is 5.33. The van der Waals surface area contributed by atoms with Crippen molar-refractivity contribution in [2.45, 2.75) is 31.4 Å². The minimum atomic E-state index is -4.31. The average Bonchev–Trinajstić information content (AvgIpc) is 2.84. The van der Waals surface area contributed by atoms with Crippen molar-refractivity contribution >= 4 is 0 Å². The van der Waals surface area contributed by atoms with Gasteiger partial charge in [0.05, 0.1) is 12.2 Å². The van der Waals surface area contributed by atoms with E-state index < -0.39 is 11.7 Å². The summed E-state index contributed by atoms with van der Waals surface area (Å²) in [5, 5.41) is 0. The largest absolute Gasteiger partial charge is 0.494 e. The predicted octanol–water partition coefficient (Wildman–Crippen LogP) is 7.02. The van der Waals surface area contributed by atoms with E-state index in [-0.39, 0.29) is 0 Å². The summed E-state index contributed by atoms with van der Waals surface area (Å²) in [5.74, 6) is 1.50. The Labute approximate surface area is 194 Å². The van der Waals surface area contributed by atoms with Crippen molar-refractivity contribution in [1.82, 2.24) is 4.90 Å². The Kier molecular flexibility index (Phi) is 7.71. The Morgan fingerprint density at radius 1 is 0.788 bits per heavy atom. The molecular formula is C28H30F3NO. The highest BCUT2D eigenvalue weighted by Gasteiger charge is 2.30. The first-order valence-corrected chi connectivity index (χ1v) is 11.6. The molecule has 0 amide bonds. The minimum Gasteiger partial charge on any atom is -0.494 e. The molecular weight excluding hydrogens is 423 g/mol. The summed E-state index contributed by atoms with van der Waals surface area (Å²) >= 11 is 0. The van der Waals surface area contributed by atoms with Crippen LogP contribution in [-0.4, -0.2) is 31.1 Å². The lowest BCUT2D eigenvalue weighted by Gasteiger charge is -2.36. The van der Waals surface area contributed by atoms with E-state index in [1.165, 1.54) is 23.3 Å². The van der Waals surface area contributed by atoms with Crippen LogP contribution in [-0.2, 0) is 6.18 Å². The number of alkyl halides is 3. The lowest BCUT2D eigenvalue weighted by atomic mass is 9.76. The van der Waals surface area contributed by atoms with Crippen molar-refractivity contribution in [2.75, 3.05) is 26.2 Å². The first kappa shape index (κ1) is 23.4. The van der Waals surface area contributed by atoms with Crippen molar-refractivity contribution in [3.63, 3.8) is 0 Å². The second-order valence-corrected chi connectivity index (χ2v) is 8.70. The Morgan fingerprint density at radius 2 is 1.33 bits per heavy atom. The fourth-order valence-corrected chi connectivity index (χ4v) is 4.79. The van der Waals surface area contributed by atoms with Crippen molar-refractivity contribution in [3.8, 4) is 5.75 Å². The Bertz CT molecular complexity index is 926. The van der Waals surface area contributed by atoms with Gasteiger partial charge in [-0.15, -0.1) is 0 Å². The lowest BCUT2D eigenvalue weighted by Crippen LogP contribution is -2.36. The van der Waals surface area contributed by atoms with E-state index in [0.29, 0.717) is 24.2 Å². The molecule has 174 valence electrons. The number of piperidine rings is 1. The normalized spacial score (nSPS) is 15.6. The molecule has 1 heterocycles. The molecule has 3 aromatic carbocycles. The zero-order chi connectivity index (χ0) is 23.1. The Morgan fingerprint density at radius 3 is 1.85 bits per heavy atom. The number of hydrogen-bond donors (Lipinski definition) is 0. The summed E-state index contributed by atoms with van der Waals surface area (Å²) in [6.07, 6.45) is -1.17. The van der Waals surface area contributed by atoms with Crippen molar-refractivity contribution in [1.29, 1.82) is 0 Å². The molecule has 5 heteroatoms. The van der Waals surface area contributed by atoms with Gasteiger partial charge >= 0.3 is 6.18 Å². The molecule has 0 radical (unpaired) electrons.